The predicted octanol–water partition coefficient (Wildman–Crippen LogP) is 3.58. The molecule has 1 aromatic carbocycles. The molecule has 108 valence electrons. The van der Waals surface area contributed by atoms with Crippen LogP contribution in [0.4, 0.5) is 0 Å². The highest BCUT2D eigenvalue weighted by molar-refractivity contribution is 5.42. The zero-order valence-corrected chi connectivity index (χ0v) is 12.7. The summed E-state index contributed by atoms with van der Waals surface area (Å²) in [5.41, 5.74) is 1.80. The monoisotopic (exact) mass is 272 g/mol. The second-order valence-corrected chi connectivity index (χ2v) is 5.97. The van der Waals surface area contributed by atoms with Crippen molar-refractivity contribution in [3.05, 3.63) is 29.3 Å². The molecule has 1 aliphatic carbocycles. The number of hydrogen-bond donors (Lipinski definition) is 0. The molecule has 3 heteroatoms. The summed E-state index contributed by atoms with van der Waals surface area (Å²) in [7, 11) is 3.87. The van der Waals surface area contributed by atoms with Crippen molar-refractivity contribution < 1.29 is 4.74 Å². The van der Waals surface area contributed by atoms with E-state index in [4.69, 9.17) is 10.00 Å². The molecule has 0 amide bonds. The molecule has 1 aromatic rings. The van der Waals surface area contributed by atoms with Gasteiger partial charge in [0.2, 0.25) is 0 Å². The maximum atomic E-state index is 9.03. The smallest absolute Gasteiger partial charge is 0.123 e. The Morgan fingerprint density at radius 2 is 2.00 bits per heavy atom. The standard InChI is InChI=1S/C17H24N2O/c1-13-4-7-16(8-5-13)19(2)12-15-10-14(11-18)6-9-17(15)20-3/h6,9-10,13,16H,4-5,7-8,12H2,1-3H3. The fourth-order valence-electron chi connectivity index (χ4n) is 3.05. The average molecular weight is 272 g/mol. The van der Waals surface area contributed by atoms with Gasteiger partial charge in [-0.25, -0.2) is 0 Å². The van der Waals surface area contributed by atoms with Crippen LogP contribution < -0.4 is 4.74 Å². The minimum Gasteiger partial charge on any atom is -0.496 e. The molecular weight excluding hydrogens is 248 g/mol. The Kier molecular flexibility index (Phi) is 5.03. The van der Waals surface area contributed by atoms with Crippen molar-refractivity contribution in [2.75, 3.05) is 14.2 Å². The zero-order chi connectivity index (χ0) is 14.5. The van der Waals surface area contributed by atoms with Gasteiger partial charge in [-0.1, -0.05) is 6.92 Å². The number of benzene rings is 1. The van der Waals surface area contributed by atoms with E-state index < -0.39 is 0 Å². The summed E-state index contributed by atoms with van der Waals surface area (Å²) in [6.07, 6.45) is 5.20. The van der Waals surface area contributed by atoms with Crippen molar-refractivity contribution >= 4 is 0 Å². The van der Waals surface area contributed by atoms with Crippen LogP contribution in [0.15, 0.2) is 18.2 Å². The molecular formula is C17H24N2O. The van der Waals surface area contributed by atoms with E-state index in [0.29, 0.717) is 11.6 Å². The lowest BCUT2D eigenvalue weighted by Gasteiger charge is -2.33. The maximum absolute atomic E-state index is 9.03. The molecule has 0 bridgehead atoms. The minimum atomic E-state index is 0.654. The SMILES string of the molecule is COc1ccc(C#N)cc1CN(C)C1CCC(C)CC1. The van der Waals surface area contributed by atoms with Gasteiger partial charge in [-0.15, -0.1) is 0 Å². The van der Waals surface area contributed by atoms with Crippen LogP contribution in [-0.2, 0) is 6.54 Å². The molecule has 1 saturated carbocycles. The Morgan fingerprint density at radius 1 is 1.30 bits per heavy atom. The normalized spacial score (nSPS) is 22.6. The van der Waals surface area contributed by atoms with E-state index in [9.17, 15) is 0 Å². The number of rotatable bonds is 4. The largest absolute Gasteiger partial charge is 0.496 e. The van der Waals surface area contributed by atoms with Gasteiger partial charge in [0.1, 0.15) is 5.75 Å². The van der Waals surface area contributed by atoms with Crippen molar-refractivity contribution in [1.82, 2.24) is 4.90 Å². The summed E-state index contributed by atoms with van der Waals surface area (Å²) in [5, 5.41) is 9.03. The summed E-state index contributed by atoms with van der Waals surface area (Å²) in [6, 6.07) is 8.51. The van der Waals surface area contributed by atoms with Crippen LogP contribution in [0, 0.1) is 17.2 Å². The van der Waals surface area contributed by atoms with Crippen LogP contribution in [0.2, 0.25) is 0 Å². The molecule has 20 heavy (non-hydrogen) atoms. The number of ether oxygens (including phenoxy) is 1. The van der Waals surface area contributed by atoms with Crippen molar-refractivity contribution in [3.8, 4) is 11.8 Å². The van der Waals surface area contributed by atoms with Crippen molar-refractivity contribution in [2.24, 2.45) is 5.92 Å². The van der Waals surface area contributed by atoms with E-state index in [1.807, 2.05) is 18.2 Å². The van der Waals surface area contributed by atoms with Crippen molar-refractivity contribution in [1.29, 1.82) is 5.26 Å². The third kappa shape index (κ3) is 3.52. The Labute approximate surface area is 122 Å². The van der Waals surface area contributed by atoms with Crippen LogP contribution >= 0.6 is 0 Å². The van der Waals surface area contributed by atoms with Gasteiger partial charge in [0.25, 0.3) is 0 Å². The van der Waals surface area contributed by atoms with Crippen LogP contribution in [0.1, 0.15) is 43.7 Å². The highest BCUT2D eigenvalue weighted by Gasteiger charge is 2.22. The highest BCUT2D eigenvalue weighted by atomic mass is 16.5. The molecule has 1 fully saturated rings. The van der Waals surface area contributed by atoms with Gasteiger partial charge in [-0.3, -0.25) is 4.90 Å². The topological polar surface area (TPSA) is 36.3 Å². The van der Waals surface area contributed by atoms with Crippen LogP contribution in [0.25, 0.3) is 0 Å². The molecule has 0 radical (unpaired) electrons. The van der Waals surface area contributed by atoms with Crippen LogP contribution in [0.3, 0.4) is 0 Å². The summed E-state index contributed by atoms with van der Waals surface area (Å²) >= 11 is 0. The second-order valence-electron chi connectivity index (χ2n) is 5.97. The molecule has 2 rings (SSSR count). The fourth-order valence-corrected chi connectivity index (χ4v) is 3.05. The predicted molar refractivity (Wildman–Crippen MR) is 80.6 cm³/mol. The molecule has 0 aliphatic heterocycles. The molecule has 0 aromatic heterocycles. The van der Waals surface area contributed by atoms with Crippen LogP contribution in [0.5, 0.6) is 5.75 Å². The lowest BCUT2D eigenvalue weighted by atomic mass is 9.86. The number of nitriles is 1. The fraction of sp³-hybridized carbons (Fsp3) is 0.588. The van der Waals surface area contributed by atoms with Crippen LogP contribution in [-0.4, -0.2) is 25.1 Å². The molecule has 0 heterocycles. The maximum Gasteiger partial charge on any atom is 0.123 e. The zero-order valence-electron chi connectivity index (χ0n) is 12.7. The van der Waals surface area contributed by atoms with Crippen molar-refractivity contribution in [2.45, 2.75) is 45.2 Å². The first-order valence-corrected chi connectivity index (χ1v) is 7.41. The van der Waals surface area contributed by atoms with Gasteiger partial charge in [0, 0.05) is 18.2 Å². The number of methoxy groups -OCH3 is 1. The van der Waals surface area contributed by atoms with E-state index >= 15 is 0 Å². The number of hydrogen-bond acceptors (Lipinski definition) is 3. The second kappa shape index (κ2) is 6.76. The van der Waals surface area contributed by atoms with Gasteiger partial charge in [-0.05, 0) is 56.8 Å². The minimum absolute atomic E-state index is 0.654. The molecule has 0 unspecified atom stereocenters. The molecule has 1 aliphatic rings. The van der Waals surface area contributed by atoms with Gasteiger partial charge in [0.15, 0.2) is 0 Å². The Balaban J connectivity index is 2.07. The number of nitrogens with zero attached hydrogens (tertiary/aromatic N) is 2. The molecule has 0 spiro atoms. The van der Waals surface area contributed by atoms with E-state index in [1.54, 1.807) is 7.11 Å². The quantitative estimate of drug-likeness (QED) is 0.840. The summed E-state index contributed by atoms with van der Waals surface area (Å²) < 4.78 is 5.41. The molecule has 0 saturated heterocycles. The lowest BCUT2D eigenvalue weighted by Crippen LogP contribution is -2.34. The molecule has 0 atom stereocenters. The first-order chi connectivity index (χ1) is 9.63. The van der Waals surface area contributed by atoms with E-state index in [1.165, 1.54) is 25.7 Å². The first-order valence-electron chi connectivity index (χ1n) is 7.41. The first kappa shape index (κ1) is 14.9. The average Bonchev–Trinajstić information content (AvgIpc) is 2.47. The Morgan fingerprint density at radius 3 is 2.60 bits per heavy atom. The van der Waals surface area contributed by atoms with Gasteiger partial charge in [0.05, 0.1) is 18.7 Å². The van der Waals surface area contributed by atoms with Gasteiger partial charge < -0.3 is 4.74 Å². The third-order valence-electron chi connectivity index (χ3n) is 4.44. The highest BCUT2D eigenvalue weighted by Crippen LogP contribution is 2.29. The van der Waals surface area contributed by atoms with Gasteiger partial charge in [-0.2, -0.15) is 5.26 Å². The summed E-state index contributed by atoms with van der Waals surface area (Å²) in [6.45, 7) is 3.19. The van der Waals surface area contributed by atoms with E-state index in [0.717, 1.165) is 23.8 Å². The van der Waals surface area contributed by atoms with Gasteiger partial charge >= 0.3 is 0 Å². The third-order valence-corrected chi connectivity index (χ3v) is 4.44. The van der Waals surface area contributed by atoms with E-state index in [2.05, 4.69) is 24.9 Å². The summed E-state index contributed by atoms with van der Waals surface area (Å²) in [5.74, 6) is 1.75. The Bertz CT molecular complexity index is 484. The molecule has 0 N–H and O–H groups in total. The molecule has 3 nitrogen and oxygen atoms in total. The van der Waals surface area contributed by atoms with E-state index in [-0.39, 0.29) is 0 Å². The lowest BCUT2D eigenvalue weighted by molar-refractivity contribution is 0.162. The summed E-state index contributed by atoms with van der Waals surface area (Å²) in [4.78, 5) is 2.41. The van der Waals surface area contributed by atoms with Crippen molar-refractivity contribution in [3.63, 3.8) is 0 Å². The Hall–Kier alpha value is -1.53.